The maximum atomic E-state index is 12.8. The molecule has 1 aromatic heterocycles. The summed E-state index contributed by atoms with van der Waals surface area (Å²) in [7, 11) is 0. The molecule has 1 saturated carbocycles. The minimum Gasteiger partial charge on any atom is -0.440 e. The Morgan fingerprint density at radius 1 is 1.23 bits per heavy atom. The number of esters is 1. The maximum Gasteiger partial charge on any atom is 0.422 e. The smallest absolute Gasteiger partial charge is 0.422 e. The van der Waals surface area contributed by atoms with Gasteiger partial charge in [0.15, 0.2) is 0 Å². The first kappa shape index (κ1) is 22.8. The van der Waals surface area contributed by atoms with Gasteiger partial charge in [-0.1, -0.05) is 44.2 Å². The first-order valence-corrected chi connectivity index (χ1v) is 10.1. The predicted octanol–water partition coefficient (Wildman–Crippen LogP) is 6.10. The summed E-state index contributed by atoms with van der Waals surface area (Å²) in [4.78, 5) is 16.8. The van der Waals surface area contributed by atoms with Crippen molar-refractivity contribution >= 4 is 21.9 Å². The molecule has 1 aliphatic carbocycles. The average molecular weight is 495 g/mol. The number of aromatic nitrogens is 1. The van der Waals surface area contributed by atoms with Crippen molar-refractivity contribution in [1.29, 1.82) is 5.26 Å². The summed E-state index contributed by atoms with van der Waals surface area (Å²) >= 11 is 2.51. The van der Waals surface area contributed by atoms with Gasteiger partial charge in [0.2, 0.25) is 12.0 Å². The Balaban J connectivity index is 1.72. The third kappa shape index (κ3) is 5.25. The lowest BCUT2D eigenvalue weighted by atomic mass is 10.1. The molecule has 31 heavy (non-hydrogen) atoms. The molecule has 1 unspecified atom stereocenters. The van der Waals surface area contributed by atoms with Crippen LogP contribution in [-0.2, 0) is 9.53 Å². The van der Waals surface area contributed by atoms with Gasteiger partial charge in [-0.3, -0.25) is 4.79 Å². The van der Waals surface area contributed by atoms with Crippen molar-refractivity contribution in [1.82, 2.24) is 4.98 Å². The van der Waals surface area contributed by atoms with E-state index in [1.165, 1.54) is 6.07 Å². The van der Waals surface area contributed by atoms with E-state index >= 15 is 0 Å². The van der Waals surface area contributed by atoms with Crippen LogP contribution < -0.4 is 4.74 Å². The summed E-state index contributed by atoms with van der Waals surface area (Å²) in [6, 6.07) is 15.4. The molecule has 0 N–H and O–H groups in total. The number of hydrogen-bond acceptors (Lipinski definition) is 5. The van der Waals surface area contributed by atoms with Gasteiger partial charge in [-0.05, 0) is 45.5 Å². The van der Waals surface area contributed by atoms with Gasteiger partial charge in [0.25, 0.3) is 0 Å². The molecule has 1 fully saturated rings. The van der Waals surface area contributed by atoms with Crippen molar-refractivity contribution in [2.24, 2.45) is 17.3 Å². The largest absolute Gasteiger partial charge is 0.440 e. The molecule has 0 radical (unpaired) electrons. The fourth-order valence-corrected chi connectivity index (χ4v) is 3.56. The number of nitrogens with zero attached hydrogens (tertiary/aromatic N) is 2. The van der Waals surface area contributed by atoms with Gasteiger partial charge in [0.05, 0.1) is 16.1 Å². The summed E-state index contributed by atoms with van der Waals surface area (Å²) in [5.41, 5.74) is -0.570. The number of halogens is 4. The number of carbonyl (C=O) groups excluding carboxylic acids is 1. The molecular weight excluding hydrogens is 477 g/mol. The van der Waals surface area contributed by atoms with E-state index in [9.17, 15) is 23.2 Å². The van der Waals surface area contributed by atoms with Crippen molar-refractivity contribution in [3.63, 3.8) is 0 Å². The van der Waals surface area contributed by atoms with Crippen LogP contribution in [0.1, 0.15) is 25.6 Å². The van der Waals surface area contributed by atoms with E-state index in [0.717, 1.165) is 6.08 Å². The van der Waals surface area contributed by atoms with Crippen LogP contribution >= 0.6 is 15.9 Å². The Hall–Kier alpha value is -2.86. The first-order chi connectivity index (χ1) is 14.5. The second-order valence-electron chi connectivity index (χ2n) is 7.60. The lowest BCUT2D eigenvalue weighted by Gasteiger charge is -2.12. The Kier molecular flexibility index (Phi) is 6.41. The second-order valence-corrected chi connectivity index (χ2v) is 8.45. The number of para-hydroxylation sites is 1. The third-order valence-corrected chi connectivity index (χ3v) is 5.81. The minimum atomic E-state index is -4.54. The van der Waals surface area contributed by atoms with Gasteiger partial charge >= 0.3 is 12.1 Å². The summed E-state index contributed by atoms with van der Waals surface area (Å²) in [5.74, 6) is -1.47. The molecule has 0 spiro atoms. The number of allylic oxidation sites excluding steroid dienone is 2. The average Bonchev–Trinajstić information content (AvgIpc) is 3.26. The van der Waals surface area contributed by atoms with Crippen molar-refractivity contribution < 1.29 is 27.4 Å². The zero-order valence-corrected chi connectivity index (χ0v) is 18.1. The highest BCUT2D eigenvalue weighted by atomic mass is 79.9. The van der Waals surface area contributed by atoms with Crippen LogP contribution in [0.5, 0.6) is 11.6 Å². The lowest BCUT2D eigenvalue weighted by molar-refractivity contribution is -0.149. The summed E-state index contributed by atoms with van der Waals surface area (Å²) in [6.45, 7) is 3.34. The van der Waals surface area contributed by atoms with Crippen LogP contribution in [0.15, 0.2) is 59.1 Å². The Morgan fingerprint density at radius 2 is 1.90 bits per heavy atom. The molecule has 0 bridgehead atoms. The highest BCUT2D eigenvalue weighted by Gasteiger charge is 2.62. The number of ether oxygens (including phenoxy) is 2. The zero-order valence-electron chi connectivity index (χ0n) is 16.6. The number of pyridine rings is 1. The molecule has 0 saturated heterocycles. The van der Waals surface area contributed by atoms with E-state index < -0.39 is 40.0 Å². The maximum absolute atomic E-state index is 12.8. The molecule has 162 valence electrons. The van der Waals surface area contributed by atoms with E-state index in [4.69, 9.17) is 9.47 Å². The Bertz CT molecular complexity index is 1030. The van der Waals surface area contributed by atoms with E-state index in [1.807, 2.05) is 12.1 Å². The van der Waals surface area contributed by atoms with Gasteiger partial charge in [0.1, 0.15) is 11.8 Å². The fraction of sp³-hybridized carbons (Fsp3) is 0.318. The van der Waals surface area contributed by atoms with E-state index in [1.54, 1.807) is 50.2 Å². The molecule has 2 aromatic rings. The topological polar surface area (TPSA) is 72.2 Å². The summed E-state index contributed by atoms with van der Waals surface area (Å²) in [6.07, 6.45) is -4.88. The molecule has 1 heterocycles. The van der Waals surface area contributed by atoms with E-state index in [-0.39, 0.29) is 11.6 Å². The number of benzene rings is 1. The number of nitriles is 1. The number of rotatable bonds is 6. The van der Waals surface area contributed by atoms with E-state index in [2.05, 4.69) is 20.9 Å². The molecule has 1 aliphatic rings. The van der Waals surface area contributed by atoms with Crippen molar-refractivity contribution in [3.8, 4) is 17.7 Å². The normalized spacial score (nSPS) is 21.0. The van der Waals surface area contributed by atoms with E-state index in [0.29, 0.717) is 5.75 Å². The van der Waals surface area contributed by atoms with Gasteiger partial charge in [-0.2, -0.15) is 18.4 Å². The molecule has 9 heteroatoms. The predicted molar refractivity (Wildman–Crippen MR) is 109 cm³/mol. The first-order valence-electron chi connectivity index (χ1n) is 9.28. The van der Waals surface area contributed by atoms with Gasteiger partial charge in [-0.15, -0.1) is 0 Å². The van der Waals surface area contributed by atoms with Gasteiger partial charge < -0.3 is 9.47 Å². The van der Waals surface area contributed by atoms with Gasteiger partial charge in [0, 0.05) is 6.07 Å². The van der Waals surface area contributed by atoms with Crippen molar-refractivity contribution in [3.05, 3.63) is 64.8 Å². The fourth-order valence-electron chi connectivity index (χ4n) is 3.28. The Morgan fingerprint density at radius 3 is 2.52 bits per heavy atom. The number of hydrogen-bond donors (Lipinski definition) is 0. The summed E-state index contributed by atoms with van der Waals surface area (Å²) < 4.78 is 48.4. The number of carbonyl (C=O) groups is 1. The molecule has 1 aromatic carbocycles. The molecule has 3 rings (SSSR count). The third-order valence-electron chi connectivity index (χ3n) is 5.09. The minimum absolute atomic E-state index is 0.159. The van der Waals surface area contributed by atoms with Crippen LogP contribution in [0.25, 0.3) is 0 Å². The molecular formula is C22H18BrF3N2O3. The highest BCUT2D eigenvalue weighted by molar-refractivity contribution is 9.11. The molecule has 0 amide bonds. The van der Waals surface area contributed by atoms with Crippen molar-refractivity contribution in [2.75, 3.05) is 0 Å². The SMILES string of the molecule is CC1(C)[C@H](/C=C(\Br)C(F)(F)F)[C@@H]1C(=O)OC(C#N)c1cccc(Oc2ccccc2)n1. The zero-order chi connectivity index (χ0) is 22.8. The second kappa shape index (κ2) is 8.71. The van der Waals surface area contributed by atoms with Crippen LogP contribution in [0.2, 0.25) is 0 Å². The van der Waals surface area contributed by atoms with Crippen LogP contribution in [0.3, 0.4) is 0 Å². The van der Waals surface area contributed by atoms with Crippen LogP contribution in [0, 0.1) is 28.6 Å². The van der Waals surface area contributed by atoms with Crippen LogP contribution in [-0.4, -0.2) is 17.1 Å². The lowest BCUT2D eigenvalue weighted by Crippen LogP contribution is -2.15. The summed E-state index contributed by atoms with van der Waals surface area (Å²) in [5, 5.41) is 9.48. The molecule has 3 atom stereocenters. The Labute approximate surface area is 185 Å². The number of alkyl halides is 3. The monoisotopic (exact) mass is 494 g/mol. The quantitative estimate of drug-likeness (QED) is 0.454. The van der Waals surface area contributed by atoms with Gasteiger partial charge in [-0.25, -0.2) is 4.98 Å². The highest BCUT2D eigenvalue weighted by Crippen LogP contribution is 2.60. The molecule has 5 nitrogen and oxygen atoms in total. The van der Waals surface area contributed by atoms with Crippen molar-refractivity contribution in [2.45, 2.75) is 26.1 Å². The van der Waals surface area contributed by atoms with Crippen LogP contribution in [0.4, 0.5) is 13.2 Å². The molecule has 0 aliphatic heterocycles. The standard InChI is InChI=1S/C22H18BrF3N2O3/c1-21(2)14(11-17(23)22(24,25)26)19(21)20(29)31-16(12-27)15-9-6-10-18(28-15)30-13-7-4-3-5-8-13/h3-11,14,16,19H,1-2H3/b17-11-/t14-,16?,19-/m1/s1.